The first kappa shape index (κ1) is 25.6. The van der Waals surface area contributed by atoms with Crippen LogP contribution in [-0.2, 0) is 28.6 Å². The van der Waals surface area contributed by atoms with Crippen LogP contribution in [0.4, 0.5) is 5.69 Å². The SMILES string of the molecule is COC(=O)C1=C(C(=O)OC)C2(C=C(C(C)(C)C)C=C(C(C)(C)C)C2=O)OC2C=Cc3ccccc3N12. The van der Waals surface area contributed by atoms with Gasteiger partial charge >= 0.3 is 11.9 Å². The highest BCUT2D eigenvalue weighted by atomic mass is 16.6. The first-order chi connectivity index (χ1) is 16.8. The van der Waals surface area contributed by atoms with Gasteiger partial charge in [-0.3, -0.25) is 4.79 Å². The molecule has 0 fully saturated rings. The van der Waals surface area contributed by atoms with E-state index in [-0.39, 0.29) is 16.7 Å². The summed E-state index contributed by atoms with van der Waals surface area (Å²) >= 11 is 0. The molecule has 0 saturated carbocycles. The van der Waals surface area contributed by atoms with E-state index in [4.69, 9.17) is 14.2 Å². The molecule has 1 spiro atoms. The van der Waals surface area contributed by atoms with Crippen molar-refractivity contribution in [3.8, 4) is 0 Å². The number of nitrogens with zero attached hydrogens (tertiary/aromatic N) is 1. The number of rotatable bonds is 2. The Morgan fingerprint density at radius 2 is 1.61 bits per heavy atom. The minimum atomic E-state index is -1.88. The molecule has 1 aromatic carbocycles. The lowest BCUT2D eigenvalue weighted by molar-refractivity contribution is -0.150. The van der Waals surface area contributed by atoms with Gasteiger partial charge in [0.05, 0.1) is 19.9 Å². The number of esters is 2. The third-order valence-electron chi connectivity index (χ3n) is 6.73. The Bertz CT molecular complexity index is 1270. The Morgan fingerprint density at radius 1 is 0.972 bits per heavy atom. The van der Waals surface area contributed by atoms with Crippen molar-refractivity contribution < 1.29 is 28.6 Å². The zero-order valence-electron chi connectivity index (χ0n) is 22.1. The number of hydrogen-bond acceptors (Lipinski definition) is 7. The van der Waals surface area contributed by atoms with Gasteiger partial charge in [0.2, 0.25) is 0 Å². The molecule has 2 heterocycles. The number of carbonyl (C=O) groups excluding carboxylic acids is 3. The smallest absolute Gasteiger partial charge is 0.355 e. The van der Waals surface area contributed by atoms with Crippen LogP contribution in [0.1, 0.15) is 47.1 Å². The van der Waals surface area contributed by atoms with E-state index in [1.54, 1.807) is 17.1 Å². The lowest BCUT2D eigenvalue weighted by atomic mass is 9.67. The van der Waals surface area contributed by atoms with Gasteiger partial charge in [-0.15, -0.1) is 0 Å². The molecule has 0 N–H and O–H groups in total. The average molecular weight is 492 g/mol. The fraction of sp³-hybridized carbons (Fsp3) is 0.414. The van der Waals surface area contributed by atoms with Gasteiger partial charge in [-0.05, 0) is 40.2 Å². The number of fused-ring (bicyclic) bond motifs is 3. The topological polar surface area (TPSA) is 82.1 Å². The molecule has 2 atom stereocenters. The number of allylic oxidation sites excluding steroid dienone is 2. The zero-order valence-corrected chi connectivity index (χ0v) is 22.1. The van der Waals surface area contributed by atoms with Gasteiger partial charge in [-0.2, -0.15) is 0 Å². The van der Waals surface area contributed by atoms with Crippen LogP contribution in [0, 0.1) is 10.8 Å². The van der Waals surface area contributed by atoms with Crippen LogP contribution in [0.3, 0.4) is 0 Å². The molecule has 36 heavy (non-hydrogen) atoms. The Kier molecular flexibility index (Phi) is 6.12. The van der Waals surface area contributed by atoms with Gasteiger partial charge in [0.15, 0.2) is 17.6 Å². The largest absolute Gasteiger partial charge is 0.465 e. The minimum absolute atomic E-state index is 0.0783. The Hall–Kier alpha value is -3.45. The van der Waals surface area contributed by atoms with E-state index in [1.807, 2.05) is 78.0 Å². The van der Waals surface area contributed by atoms with Crippen LogP contribution < -0.4 is 4.90 Å². The molecular formula is C29H33NO6. The summed E-state index contributed by atoms with van der Waals surface area (Å²) in [5.41, 5.74) is -0.310. The van der Waals surface area contributed by atoms with Crippen molar-refractivity contribution in [2.75, 3.05) is 19.1 Å². The summed E-state index contributed by atoms with van der Waals surface area (Å²) < 4.78 is 16.9. The van der Waals surface area contributed by atoms with Crippen LogP contribution >= 0.6 is 0 Å². The normalized spacial score (nSPS) is 23.6. The second-order valence-electron chi connectivity index (χ2n) is 11.2. The summed E-state index contributed by atoms with van der Waals surface area (Å²) in [6, 6.07) is 7.42. The molecule has 3 aliphatic rings. The monoisotopic (exact) mass is 491 g/mol. The average Bonchev–Trinajstić information content (AvgIpc) is 2.82. The van der Waals surface area contributed by atoms with Crippen molar-refractivity contribution in [2.24, 2.45) is 10.8 Å². The molecule has 190 valence electrons. The number of para-hydroxylation sites is 1. The van der Waals surface area contributed by atoms with Gasteiger partial charge in [0.25, 0.3) is 0 Å². The first-order valence-electron chi connectivity index (χ1n) is 11.9. The van der Waals surface area contributed by atoms with Crippen LogP contribution in [-0.4, -0.2) is 43.8 Å². The van der Waals surface area contributed by atoms with E-state index in [9.17, 15) is 14.4 Å². The number of ketones is 1. The minimum Gasteiger partial charge on any atom is -0.465 e. The molecular weight excluding hydrogens is 458 g/mol. The highest BCUT2D eigenvalue weighted by molar-refractivity contribution is 6.17. The van der Waals surface area contributed by atoms with Gasteiger partial charge in [0, 0.05) is 5.57 Å². The van der Waals surface area contributed by atoms with Crippen LogP contribution in [0.2, 0.25) is 0 Å². The third kappa shape index (κ3) is 3.91. The van der Waals surface area contributed by atoms with Gasteiger partial charge in [0.1, 0.15) is 11.3 Å². The van der Waals surface area contributed by atoms with Crippen molar-refractivity contribution in [1.29, 1.82) is 0 Å². The second kappa shape index (κ2) is 8.59. The van der Waals surface area contributed by atoms with Crippen LogP contribution in [0.5, 0.6) is 0 Å². The summed E-state index contributed by atoms with van der Waals surface area (Å²) in [6.45, 7) is 11.9. The summed E-state index contributed by atoms with van der Waals surface area (Å²) in [5, 5.41) is 0. The molecule has 0 radical (unpaired) electrons. The maximum Gasteiger partial charge on any atom is 0.355 e. The molecule has 7 nitrogen and oxygen atoms in total. The number of anilines is 1. The third-order valence-corrected chi connectivity index (χ3v) is 6.73. The second-order valence-corrected chi connectivity index (χ2v) is 11.2. The van der Waals surface area contributed by atoms with Crippen molar-refractivity contribution in [3.05, 3.63) is 70.5 Å². The summed E-state index contributed by atoms with van der Waals surface area (Å²) in [4.78, 5) is 42.9. The van der Waals surface area contributed by atoms with E-state index in [0.717, 1.165) is 11.1 Å². The number of Topliss-reactive ketones (excluding diaryl/α,β-unsaturated/α-hetero) is 1. The molecule has 1 aromatic rings. The maximum absolute atomic E-state index is 14.4. The lowest BCUT2D eigenvalue weighted by Crippen LogP contribution is -2.60. The van der Waals surface area contributed by atoms with E-state index < -0.39 is 35.0 Å². The fourth-order valence-corrected chi connectivity index (χ4v) is 4.80. The Labute approximate surface area is 212 Å². The van der Waals surface area contributed by atoms with Crippen LogP contribution in [0.15, 0.2) is 64.9 Å². The number of methoxy groups -OCH3 is 2. The van der Waals surface area contributed by atoms with Crippen LogP contribution in [0.25, 0.3) is 6.08 Å². The predicted molar refractivity (Wildman–Crippen MR) is 137 cm³/mol. The lowest BCUT2D eigenvalue weighted by Gasteiger charge is -2.49. The Morgan fingerprint density at radius 3 is 2.19 bits per heavy atom. The molecule has 0 saturated heterocycles. The summed E-state index contributed by atoms with van der Waals surface area (Å²) in [6.07, 6.45) is 6.36. The van der Waals surface area contributed by atoms with E-state index >= 15 is 0 Å². The van der Waals surface area contributed by atoms with E-state index in [2.05, 4.69) is 0 Å². The molecule has 7 heteroatoms. The van der Waals surface area contributed by atoms with Crippen molar-refractivity contribution in [2.45, 2.75) is 53.4 Å². The van der Waals surface area contributed by atoms with Crippen molar-refractivity contribution >= 4 is 29.5 Å². The molecule has 1 aliphatic carbocycles. The molecule has 0 amide bonds. The van der Waals surface area contributed by atoms with Gasteiger partial charge < -0.3 is 19.1 Å². The predicted octanol–water partition coefficient (Wildman–Crippen LogP) is 4.74. The molecule has 2 unspecified atom stereocenters. The zero-order chi connectivity index (χ0) is 26.6. The quantitative estimate of drug-likeness (QED) is 0.553. The molecule has 2 aliphatic heterocycles. The van der Waals surface area contributed by atoms with E-state index in [1.165, 1.54) is 14.2 Å². The highest BCUT2D eigenvalue weighted by Gasteiger charge is 2.58. The number of carbonyl (C=O) groups is 3. The molecule has 4 rings (SSSR count). The number of hydrogen-bond donors (Lipinski definition) is 0. The van der Waals surface area contributed by atoms with Crippen molar-refractivity contribution in [1.82, 2.24) is 0 Å². The highest BCUT2D eigenvalue weighted by Crippen LogP contribution is 2.49. The van der Waals surface area contributed by atoms with Gasteiger partial charge in [-0.1, -0.05) is 71.9 Å². The Balaban J connectivity index is 2.13. The first-order valence-corrected chi connectivity index (χ1v) is 11.9. The summed E-state index contributed by atoms with van der Waals surface area (Å²) in [7, 11) is 2.46. The van der Waals surface area contributed by atoms with Crippen molar-refractivity contribution in [3.63, 3.8) is 0 Å². The number of ether oxygens (including phenoxy) is 3. The standard InChI is InChI=1S/C29H33NO6/c1-27(2,3)18-15-19(28(4,5)6)24(31)29(16-18)22(25(32)34-7)23(26(33)35-8)30-20-12-10-9-11-17(20)13-14-21(30)36-29/h9-16,21H,1-8H3. The maximum atomic E-state index is 14.4. The fourth-order valence-electron chi connectivity index (χ4n) is 4.80. The van der Waals surface area contributed by atoms with E-state index in [0.29, 0.717) is 11.3 Å². The van der Waals surface area contributed by atoms with Gasteiger partial charge in [-0.25, -0.2) is 9.59 Å². The molecule has 0 bridgehead atoms. The molecule has 0 aromatic heterocycles. The summed E-state index contributed by atoms with van der Waals surface area (Å²) in [5.74, 6) is -2.01. The number of benzene rings is 1.